The minimum absolute atomic E-state index is 0.140. The highest BCUT2D eigenvalue weighted by Gasteiger charge is 2.14. The molecule has 2 unspecified atom stereocenters. The van der Waals surface area contributed by atoms with Crippen molar-refractivity contribution in [2.75, 3.05) is 0 Å². The van der Waals surface area contributed by atoms with E-state index in [-0.39, 0.29) is 6.04 Å². The van der Waals surface area contributed by atoms with Crippen LogP contribution in [0.4, 0.5) is 0 Å². The van der Waals surface area contributed by atoms with Gasteiger partial charge in [0.25, 0.3) is 0 Å². The highest BCUT2D eigenvalue weighted by Crippen LogP contribution is 2.22. The third-order valence-electron chi connectivity index (χ3n) is 4.27. The van der Waals surface area contributed by atoms with Crippen molar-refractivity contribution in [1.29, 1.82) is 0 Å². The third kappa shape index (κ3) is 4.78. The molecule has 0 bridgehead atoms. The van der Waals surface area contributed by atoms with Gasteiger partial charge in [0.15, 0.2) is 0 Å². The van der Waals surface area contributed by atoms with Crippen molar-refractivity contribution < 1.29 is 4.21 Å². The van der Waals surface area contributed by atoms with Gasteiger partial charge in [0.05, 0.1) is 10.9 Å². The molecule has 0 amide bonds. The van der Waals surface area contributed by atoms with Crippen LogP contribution in [-0.4, -0.2) is 4.21 Å². The van der Waals surface area contributed by atoms with Gasteiger partial charge in [-0.05, 0) is 42.7 Å². The van der Waals surface area contributed by atoms with Gasteiger partial charge in [-0.15, -0.1) is 0 Å². The van der Waals surface area contributed by atoms with E-state index in [1.165, 1.54) is 0 Å². The summed E-state index contributed by atoms with van der Waals surface area (Å²) in [5, 5.41) is 0. The number of hydrogen-bond donors (Lipinski definition) is 1. The molecule has 0 aliphatic carbocycles. The monoisotopic (exact) mass is 361 g/mol. The fraction of sp³-hybridized carbons (Fsp3) is 0.130. The molecule has 3 rings (SSSR count). The summed E-state index contributed by atoms with van der Waals surface area (Å²) in [7, 11) is -1.29. The molecule has 3 aromatic carbocycles. The van der Waals surface area contributed by atoms with Crippen LogP contribution in [-0.2, 0) is 11.0 Å². The van der Waals surface area contributed by atoms with E-state index in [0.29, 0.717) is 0 Å². The van der Waals surface area contributed by atoms with E-state index in [9.17, 15) is 4.21 Å². The van der Waals surface area contributed by atoms with Crippen molar-refractivity contribution in [3.63, 3.8) is 0 Å². The maximum Gasteiger partial charge on any atom is 0.125 e. The van der Waals surface area contributed by atoms with Gasteiger partial charge < -0.3 is 0 Å². The Balaban J connectivity index is 1.89. The smallest absolute Gasteiger partial charge is 0.125 e. The molecule has 1 N–H and O–H groups in total. The number of allylic oxidation sites excluding steroid dienone is 1. The van der Waals surface area contributed by atoms with E-state index in [1.807, 2.05) is 67.6 Å². The molecule has 0 aromatic heterocycles. The summed E-state index contributed by atoms with van der Waals surface area (Å²) < 4.78 is 16.1. The average Bonchev–Trinajstić information content (AvgIpc) is 2.69. The lowest BCUT2D eigenvalue weighted by Crippen LogP contribution is -2.22. The van der Waals surface area contributed by atoms with Gasteiger partial charge in [-0.2, -0.15) is 0 Å². The van der Waals surface area contributed by atoms with E-state index in [1.54, 1.807) is 0 Å². The lowest BCUT2D eigenvalue weighted by atomic mass is 10.0. The van der Waals surface area contributed by atoms with Crippen LogP contribution in [0.25, 0.3) is 5.57 Å². The molecule has 0 saturated carbocycles. The Morgan fingerprint density at radius 1 is 0.885 bits per heavy atom. The number of benzene rings is 3. The molecular formula is C23H23NOS. The predicted octanol–water partition coefficient (Wildman–Crippen LogP) is 5.45. The minimum Gasteiger partial charge on any atom is -0.237 e. The quantitative estimate of drug-likeness (QED) is 0.621. The standard InChI is InChI=1S/C23H23NOS/c1-18-13-15-22(16-14-18)26(25)24-23(21-11-7-4-8-12-21)17-19(2)20-9-5-3-6-10-20/h3-17,23-24H,1-2H3/b19-17+. The summed E-state index contributed by atoms with van der Waals surface area (Å²) in [4.78, 5) is 0.780. The number of nitrogens with one attached hydrogen (secondary N) is 1. The summed E-state index contributed by atoms with van der Waals surface area (Å²) in [6.45, 7) is 4.11. The Kier molecular flexibility index (Phi) is 6.16. The molecule has 0 heterocycles. The second-order valence-electron chi connectivity index (χ2n) is 6.30. The second kappa shape index (κ2) is 8.75. The first-order valence-electron chi connectivity index (χ1n) is 8.67. The first kappa shape index (κ1) is 18.3. The summed E-state index contributed by atoms with van der Waals surface area (Å²) in [5.41, 5.74) is 4.55. The Labute approximate surface area is 158 Å². The fourth-order valence-corrected chi connectivity index (χ4v) is 3.71. The van der Waals surface area contributed by atoms with Gasteiger partial charge >= 0.3 is 0 Å². The molecule has 0 radical (unpaired) electrons. The number of hydrogen-bond acceptors (Lipinski definition) is 1. The maximum atomic E-state index is 12.8. The normalized spacial score (nSPS) is 14.0. The van der Waals surface area contributed by atoms with E-state index in [4.69, 9.17) is 0 Å². The van der Waals surface area contributed by atoms with Crippen LogP contribution in [0.15, 0.2) is 95.9 Å². The third-order valence-corrected chi connectivity index (χ3v) is 5.44. The zero-order valence-electron chi connectivity index (χ0n) is 15.1. The summed E-state index contributed by atoms with van der Waals surface area (Å²) in [5.74, 6) is 0. The Bertz CT molecular complexity index is 887. The number of aryl methyl sites for hydroxylation is 1. The lowest BCUT2D eigenvalue weighted by molar-refractivity contribution is 0.663. The molecule has 0 aliphatic rings. The predicted molar refractivity (Wildman–Crippen MR) is 110 cm³/mol. The van der Waals surface area contributed by atoms with Crippen molar-refractivity contribution in [2.24, 2.45) is 0 Å². The summed E-state index contributed by atoms with van der Waals surface area (Å²) in [6.07, 6.45) is 2.14. The molecule has 3 heteroatoms. The van der Waals surface area contributed by atoms with E-state index in [2.05, 4.69) is 42.0 Å². The van der Waals surface area contributed by atoms with Gasteiger partial charge in [0, 0.05) is 0 Å². The Morgan fingerprint density at radius 2 is 1.46 bits per heavy atom. The molecule has 0 aliphatic heterocycles. The van der Waals surface area contributed by atoms with Crippen molar-refractivity contribution in [3.8, 4) is 0 Å². The van der Waals surface area contributed by atoms with Crippen LogP contribution >= 0.6 is 0 Å². The minimum atomic E-state index is -1.29. The van der Waals surface area contributed by atoms with Crippen LogP contribution in [0.5, 0.6) is 0 Å². The summed E-state index contributed by atoms with van der Waals surface area (Å²) in [6, 6.07) is 28.0. The highest BCUT2D eigenvalue weighted by molar-refractivity contribution is 7.83. The topological polar surface area (TPSA) is 29.1 Å². The van der Waals surface area contributed by atoms with Crippen molar-refractivity contribution in [3.05, 3.63) is 108 Å². The van der Waals surface area contributed by atoms with Crippen LogP contribution in [0, 0.1) is 6.92 Å². The average molecular weight is 362 g/mol. The van der Waals surface area contributed by atoms with Crippen LogP contribution < -0.4 is 4.72 Å². The molecule has 0 fully saturated rings. The van der Waals surface area contributed by atoms with E-state index >= 15 is 0 Å². The maximum absolute atomic E-state index is 12.8. The Morgan fingerprint density at radius 3 is 2.08 bits per heavy atom. The SMILES string of the molecule is C/C(=C\C(NS(=O)c1ccc(C)cc1)c1ccccc1)c1ccccc1. The van der Waals surface area contributed by atoms with Crippen LogP contribution in [0.2, 0.25) is 0 Å². The van der Waals surface area contributed by atoms with Gasteiger partial charge in [-0.3, -0.25) is 0 Å². The summed E-state index contributed by atoms with van der Waals surface area (Å²) >= 11 is 0. The van der Waals surface area contributed by atoms with Crippen LogP contribution in [0.3, 0.4) is 0 Å². The first-order chi connectivity index (χ1) is 12.6. The molecular weight excluding hydrogens is 338 g/mol. The van der Waals surface area contributed by atoms with E-state index < -0.39 is 11.0 Å². The zero-order chi connectivity index (χ0) is 18.4. The van der Waals surface area contributed by atoms with Gasteiger partial charge in [0.2, 0.25) is 0 Å². The molecule has 2 atom stereocenters. The van der Waals surface area contributed by atoms with Gasteiger partial charge in [0.1, 0.15) is 11.0 Å². The van der Waals surface area contributed by atoms with Crippen molar-refractivity contribution in [1.82, 2.24) is 4.72 Å². The molecule has 132 valence electrons. The lowest BCUT2D eigenvalue weighted by Gasteiger charge is -2.17. The van der Waals surface area contributed by atoms with Crippen molar-refractivity contribution >= 4 is 16.6 Å². The first-order valence-corrected chi connectivity index (χ1v) is 9.82. The Hall–Kier alpha value is -2.49. The second-order valence-corrected chi connectivity index (χ2v) is 7.55. The van der Waals surface area contributed by atoms with E-state index in [0.717, 1.165) is 27.2 Å². The molecule has 0 spiro atoms. The highest BCUT2D eigenvalue weighted by atomic mass is 32.2. The fourth-order valence-electron chi connectivity index (χ4n) is 2.75. The molecule has 26 heavy (non-hydrogen) atoms. The van der Waals surface area contributed by atoms with Gasteiger partial charge in [-0.25, -0.2) is 8.93 Å². The largest absolute Gasteiger partial charge is 0.237 e. The van der Waals surface area contributed by atoms with Crippen LogP contribution in [0.1, 0.15) is 29.7 Å². The van der Waals surface area contributed by atoms with Gasteiger partial charge in [-0.1, -0.05) is 84.4 Å². The number of rotatable bonds is 6. The zero-order valence-corrected chi connectivity index (χ0v) is 15.9. The molecule has 0 saturated heterocycles. The molecule has 2 nitrogen and oxygen atoms in total. The molecule has 3 aromatic rings. The van der Waals surface area contributed by atoms with Crippen molar-refractivity contribution in [2.45, 2.75) is 24.8 Å².